The lowest BCUT2D eigenvalue weighted by molar-refractivity contribution is 0.0996. The van der Waals surface area contributed by atoms with E-state index in [9.17, 15) is 4.79 Å². The second kappa shape index (κ2) is 5.17. The predicted octanol–water partition coefficient (Wildman–Crippen LogP) is 4.18. The van der Waals surface area contributed by atoms with Crippen LogP contribution in [-0.2, 0) is 6.42 Å². The lowest BCUT2D eigenvalue weighted by Crippen LogP contribution is -2.03. The van der Waals surface area contributed by atoms with Gasteiger partial charge >= 0.3 is 0 Å². The van der Waals surface area contributed by atoms with E-state index in [1.165, 1.54) is 17.5 Å². The molecule has 1 aromatic carbocycles. The number of hydrogen-bond acceptors (Lipinski definition) is 3. The molecule has 0 aliphatic carbocycles. The van der Waals surface area contributed by atoms with Crippen LogP contribution in [0.25, 0.3) is 0 Å². The number of thiazole rings is 1. The van der Waals surface area contributed by atoms with E-state index in [-0.39, 0.29) is 12.2 Å². The molecule has 2 rings (SSSR count). The second-order valence-electron chi connectivity index (χ2n) is 3.61. The SMILES string of the molecule is Cc1cccc(Cl)c1CC(=O)c1cnc(Cl)s1. The van der Waals surface area contributed by atoms with Crippen molar-refractivity contribution in [2.24, 2.45) is 0 Å². The fraction of sp³-hybridized carbons (Fsp3) is 0.167. The minimum absolute atomic E-state index is 0.00870. The lowest BCUT2D eigenvalue weighted by atomic mass is 10.0. The molecule has 0 amide bonds. The van der Waals surface area contributed by atoms with E-state index in [2.05, 4.69) is 4.98 Å². The van der Waals surface area contributed by atoms with Gasteiger partial charge in [-0.3, -0.25) is 4.79 Å². The first-order chi connectivity index (χ1) is 8.08. The summed E-state index contributed by atoms with van der Waals surface area (Å²) in [7, 11) is 0. The molecule has 0 fully saturated rings. The van der Waals surface area contributed by atoms with Crippen LogP contribution in [-0.4, -0.2) is 10.8 Å². The molecular formula is C12H9Cl2NOS. The Morgan fingerprint density at radius 2 is 2.18 bits per heavy atom. The van der Waals surface area contributed by atoms with Gasteiger partial charge in [-0.25, -0.2) is 4.98 Å². The summed E-state index contributed by atoms with van der Waals surface area (Å²) >= 11 is 13.0. The van der Waals surface area contributed by atoms with Crippen LogP contribution in [0.2, 0.25) is 9.49 Å². The number of halogens is 2. The van der Waals surface area contributed by atoms with E-state index in [4.69, 9.17) is 23.2 Å². The molecule has 17 heavy (non-hydrogen) atoms. The van der Waals surface area contributed by atoms with Gasteiger partial charge in [0.25, 0.3) is 0 Å². The number of ketones is 1. The summed E-state index contributed by atoms with van der Waals surface area (Å²) < 4.78 is 0.379. The molecule has 0 saturated carbocycles. The maximum absolute atomic E-state index is 12.0. The minimum Gasteiger partial charge on any atom is -0.293 e. The number of rotatable bonds is 3. The lowest BCUT2D eigenvalue weighted by Gasteiger charge is -2.06. The van der Waals surface area contributed by atoms with Crippen molar-refractivity contribution in [2.45, 2.75) is 13.3 Å². The maximum atomic E-state index is 12.0. The van der Waals surface area contributed by atoms with Crippen molar-refractivity contribution in [3.8, 4) is 0 Å². The summed E-state index contributed by atoms with van der Waals surface area (Å²) in [5.41, 5.74) is 1.88. The molecule has 0 N–H and O–H groups in total. The largest absolute Gasteiger partial charge is 0.293 e. The smallest absolute Gasteiger partial charge is 0.184 e. The van der Waals surface area contributed by atoms with E-state index in [1.807, 2.05) is 19.1 Å². The fourth-order valence-electron chi connectivity index (χ4n) is 1.52. The minimum atomic E-state index is -0.00870. The molecular weight excluding hydrogens is 277 g/mol. The van der Waals surface area contributed by atoms with Gasteiger partial charge < -0.3 is 0 Å². The van der Waals surface area contributed by atoms with Gasteiger partial charge in [0.2, 0.25) is 0 Å². The molecule has 5 heteroatoms. The van der Waals surface area contributed by atoms with Crippen molar-refractivity contribution in [3.05, 3.63) is 49.9 Å². The molecule has 88 valence electrons. The van der Waals surface area contributed by atoms with Gasteiger partial charge in [-0.05, 0) is 24.1 Å². The number of Topliss-reactive ketones (excluding diaryl/α,β-unsaturated/α-hetero) is 1. The molecule has 2 nitrogen and oxygen atoms in total. The van der Waals surface area contributed by atoms with E-state index < -0.39 is 0 Å². The van der Waals surface area contributed by atoms with Gasteiger partial charge in [-0.15, -0.1) is 0 Å². The van der Waals surface area contributed by atoms with Crippen LogP contribution in [0.15, 0.2) is 24.4 Å². The van der Waals surface area contributed by atoms with Crippen molar-refractivity contribution < 1.29 is 4.79 Å². The van der Waals surface area contributed by atoms with Gasteiger partial charge in [0, 0.05) is 11.4 Å². The highest BCUT2D eigenvalue weighted by atomic mass is 35.5. The summed E-state index contributed by atoms with van der Waals surface area (Å²) in [6.45, 7) is 1.94. The van der Waals surface area contributed by atoms with Gasteiger partial charge in [0.15, 0.2) is 10.3 Å². The van der Waals surface area contributed by atoms with E-state index >= 15 is 0 Å². The molecule has 2 aromatic rings. The number of aryl methyl sites for hydroxylation is 1. The third kappa shape index (κ3) is 2.86. The summed E-state index contributed by atoms with van der Waals surface area (Å²) in [5, 5.41) is 0.619. The van der Waals surface area contributed by atoms with Crippen molar-refractivity contribution in [1.82, 2.24) is 4.98 Å². The maximum Gasteiger partial charge on any atom is 0.184 e. The molecule has 0 aliphatic rings. The number of benzene rings is 1. The average molecular weight is 286 g/mol. The third-order valence-electron chi connectivity index (χ3n) is 2.44. The van der Waals surface area contributed by atoms with Gasteiger partial charge in [-0.1, -0.05) is 46.7 Å². The Labute approximate surface area is 113 Å². The van der Waals surface area contributed by atoms with E-state index in [0.29, 0.717) is 14.4 Å². The van der Waals surface area contributed by atoms with Gasteiger partial charge in [0.1, 0.15) is 0 Å². The van der Waals surface area contributed by atoms with Crippen molar-refractivity contribution in [2.75, 3.05) is 0 Å². The number of aromatic nitrogens is 1. The molecule has 1 aromatic heterocycles. The zero-order valence-electron chi connectivity index (χ0n) is 9.04. The standard InChI is InChI=1S/C12H9Cl2NOS/c1-7-3-2-4-9(13)8(7)5-10(16)11-6-15-12(14)17-11/h2-4,6H,5H2,1H3. The Morgan fingerprint density at radius 1 is 1.41 bits per heavy atom. The van der Waals surface area contributed by atoms with Gasteiger partial charge in [-0.2, -0.15) is 0 Å². The molecule has 1 heterocycles. The molecule has 0 saturated heterocycles. The summed E-state index contributed by atoms with van der Waals surface area (Å²) in [4.78, 5) is 16.4. The highest BCUT2D eigenvalue weighted by molar-refractivity contribution is 7.17. The Balaban J connectivity index is 2.24. The normalized spacial score (nSPS) is 10.5. The average Bonchev–Trinajstić information content (AvgIpc) is 2.70. The summed E-state index contributed by atoms with van der Waals surface area (Å²) in [5.74, 6) is -0.00870. The number of nitrogens with zero attached hydrogens (tertiary/aromatic N) is 1. The number of carbonyl (C=O) groups excluding carboxylic acids is 1. The molecule has 0 unspecified atom stereocenters. The third-order valence-corrected chi connectivity index (χ3v) is 3.95. The molecule has 0 aliphatic heterocycles. The Morgan fingerprint density at radius 3 is 2.76 bits per heavy atom. The summed E-state index contributed by atoms with van der Waals surface area (Å²) in [6, 6.07) is 5.60. The first-order valence-corrected chi connectivity index (χ1v) is 6.53. The fourth-order valence-corrected chi connectivity index (χ4v) is 2.68. The Kier molecular flexibility index (Phi) is 3.82. The van der Waals surface area contributed by atoms with Crippen LogP contribution in [0.4, 0.5) is 0 Å². The highest BCUT2D eigenvalue weighted by Gasteiger charge is 2.14. The van der Waals surface area contributed by atoms with Gasteiger partial charge in [0.05, 0.1) is 11.1 Å². The van der Waals surface area contributed by atoms with Crippen molar-refractivity contribution in [1.29, 1.82) is 0 Å². The van der Waals surface area contributed by atoms with Crippen LogP contribution >= 0.6 is 34.5 Å². The zero-order valence-corrected chi connectivity index (χ0v) is 11.4. The number of carbonyl (C=O) groups is 1. The Bertz CT molecular complexity index is 545. The van der Waals surface area contributed by atoms with E-state index in [1.54, 1.807) is 6.07 Å². The van der Waals surface area contributed by atoms with Crippen molar-refractivity contribution in [3.63, 3.8) is 0 Å². The topological polar surface area (TPSA) is 30.0 Å². The molecule has 0 bridgehead atoms. The van der Waals surface area contributed by atoms with Crippen LogP contribution in [0.1, 0.15) is 20.8 Å². The first kappa shape index (κ1) is 12.6. The summed E-state index contributed by atoms with van der Waals surface area (Å²) in [6.07, 6.45) is 1.78. The monoisotopic (exact) mass is 285 g/mol. The Hall–Kier alpha value is -0.900. The van der Waals surface area contributed by atoms with Crippen molar-refractivity contribution >= 4 is 40.3 Å². The quantitative estimate of drug-likeness (QED) is 0.792. The van der Waals surface area contributed by atoms with Crippen LogP contribution in [0.3, 0.4) is 0 Å². The molecule has 0 atom stereocenters. The number of hydrogen-bond donors (Lipinski definition) is 0. The van der Waals surface area contributed by atoms with Crippen LogP contribution < -0.4 is 0 Å². The van der Waals surface area contributed by atoms with Crippen LogP contribution in [0, 0.1) is 6.92 Å². The highest BCUT2D eigenvalue weighted by Crippen LogP contribution is 2.24. The molecule has 0 spiro atoms. The molecule has 0 radical (unpaired) electrons. The van der Waals surface area contributed by atoms with E-state index in [0.717, 1.165) is 11.1 Å². The first-order valence-electron chi connectivity index (χ1n) is 4.96. The zero-order chi connectivity index (χ0) is 12.4. The predicted molar refractivity (Wildman–Crippen MR) is 71.3 cm³/mol. The second-order valence-corrected chi connectivity index (χ2v) is 5.63. The van der Waals surface area contributed by atoms with Crippen LogP contribution in [0.5, 0.6) is 0 Å².